The van der Waals surface area contributed by atoms with Crippen LogP contribution in [0.5, 0.6) is 0 Å². The fourth-order valence-electron chi connectivity index (χ4n) is 2.67. The number of nitrogens with zero attached hydrogens (tertiary/aromatic N) is 3. The molecule has 3 rings (SSSR count). The van der Waals surface area contributed by atoms with Crippen molar-refractivity contribution >= 4 is 5.95 Å². The van der Waals surface area contributed by atoms with Gasteiger partial charge in [0.15, 0.2) is 5.82 Å². The highest BCUT2D eigenvalue weighted by molar-refractivity contribution is 5.32. The van der Waals surface area contributed by atoms with Gasteiger partial charge in [0.05, 0.1) is 0 Å². The Morgan fingerprint density at radius 1 is 1.33 bits per heavy atom. The Morgan fingerprint density at radius 2 is 2.14 bits per heavy atom. The van der Waals surface area contributed by atoms with Gasteiger partial charge < -0.3 is 15.0 Å². The fourth-order valence-corrected chi connectivity index (χ4v) is 2.67. The van der Waals surface area contributed by atoms with Crippen LogP contribution in [0.3, 0.4) is 0 Å². The summed E-state index contributed by atoms with van der Waals surface area (Å²) in [6.45, 7) is 4.96. The van der Waals surface area contributed by atoms with Crippen LogP contribution < -0.4 is 10.2 Å². The van der Waals surface area contributed by atoms with Gasteiger partial charge in [0.25, 0.3) is 0 Å². The maximum absolute atomic E-state index is 5.58. The predicted molar refractivity (Wildman–Crippen MR) is 81.4 cm³/mol. The van der Waals surface area contributed by atoms with Crippen LogP contribution in [0.1, 0.15) is 24.4 Å². The first-order valence-corrected chi connectivity index (χ1v) is 7.26. The van der Waals surface area contributed by atoms with Crippen LogP contribution in [0, 0.1) is 0 Å². The molecule has 112 valence electrons. The standard InChI is InChI=1S/C15H21N5O/c1-11-10-20(9-8-16-11)15-17-14(18-19-15)13(21-2)12-6-4-3-5-7-12/h3-7,11,13,16H,8-10H2,1-2H3,(H,17,18,19)/t11-,13?/m1/s1. The molecule has 2 atom stereocenters. The van der Waals surface area contributed by atoms with Gasteiger partial charge in [-0.2, -0.15) is 4.98 Å². The van der Waals surface area contributed by atoms with Crippen molar-refractivity contribution in [1.82, 2.24) is 20.5 Å². The average Bonchev–Trinajstić information content (AvgIpc) is 2.99. The zero-order valence-corrected chi connectivity index (χ0v) is 12.4. The van der Waals surface area contributed by atoms with E-state index in [-0.39, 0.29) is 6.10 Å². The number of benzene rings is 1. The quantitative estimate of drug-likeness (QED) is 0.888. The minimum Gasteiger partial charge on any atom is -0.369 e. The van der Waals surface area contributed by atoms with Crippen molar-refractivity contribution in [3.8, 4) is 0 Å². The van der Waals surface area contributed by atoms with Crippen molar-refractivity contribution in [2.45, 2.75) is 19.1 Å². The molecule has 1 unspecified atom stereocenters. The lowest BCUT2D eigenvalue weighted by Gasteiger charge is -2.30. The van der Waals surface area contributed by atoms with Crippen molar-refractivity contribution in [3.63, 3.8) is 0 Å². The largest absolute Gasteiger partial charge is 0.369 e. The van der Waals surface area contributed by atoms with E-state index in [0.717, 1.165) is 37.0 Å². The Hall–Kier alpha value is -1.92. The van der Waals surface area contributed by atoms with Crippen LogP contribution >= 0.6 is 0 Å². The van der Waals surface area contributed by atoms with Crippen LogP contribution in [-0.4, -0.2) is 48.0 Å². The van der Waals surface area contributed by atoms with E-state index in [1.165, 1.54) is 0 Å². The van der Waals surface area contributed by atoms with Gasteiger partial charge in [0, 0.05) is 32.8 Å². The van der Waals surface area contributed by atoms with Crippen molar-refractivity contribution < 1.29 is 4.74 Å². The summed E-state index contributed by atoms with van der Waals surface area (Å²) in [4.78, 5) is 6.82. The number of methoxy groups -OCH3 is 1. The number of rotatable bonds is 4. The zero-order valence-electron chi connectivity index (χ0n) is 12.4. The van der Waals surface area contributed by atoms with E-state index in [9.17, 15) is 0 Å². The molecule has 1 saturated heterocycles. The number of hydrogen-bond donors (Lipinski definition) is 2. The molecule has 6 heteroatoms. The third-order valence-electron chi connectivity index (χ3n) is 3.73. The second-order valence-corrected chi connectivity index (χ2v) is 5.35. The van der Waals surface area contributed by atoms with Gasteiger partial charge in [-0.05, 0) is 12.5 Å². The zero-order chi connectivity index (χ0) is 14.7. The highest BCUT2D eigenvalue weighted by atomic mass is 16.5. The number of H-pyrrole nitrogens is 1. The van der Waals surface area contributed by atoms with E-state index < -0.39 is 0 Å². The molecule has 2 heterocycles. The maximum Gasteiger partial charge on any atom is 0.244 e. The van der Waals surface area contributed by atoms with Gasteiger partial charge in [0.2, 0.25) is 5.95 Å². The van der Waals surface area contributed by atoms with Gasteiger partial charge in [-0.25, -0.2) is 0 Å². The van der Waals surface area contributed by atoms with Crippen molar-refractivity contribution in [1.29, 1.82) is 0 Å². The third kappa shape index (κ3) is 3.06. The molecule has 1 aromatic heterocycles. The molecular weight excluding hydrogens is 266 g/mol. The maximum atomic E-state index is 5.58. The number of aromatic amines is 1. The average molecular weight is 287 g/mol. The Labute approximate surface area is 124 Å². The number of hydrogen-bond acceptors (Lipinski definition) is 5. The van der Waals surface area contributed by atoms with E-state index in [2.05, 4.69) is 32.3 Å². The molecule has 1 fully saturated rings. The number of anilines is 1. The molecule has 2 aromatic rings. The number of nitrogens with one attached hydrogen (secondary N) is 2. The Morgan fingerprint density at radius 3 is 2.86 bits per heavy atom. The monoisotopic (exact) mass is 287 g/mol. The molecular formula is C15H21N5O. The normalized spacial score (nSPS) is 20.5. The molecule has 0 spiro atoms. The lowest BCUT2D eigenvalue weighted by Crippen LogP contribution is -2.49. The summed E-state index contributed by atoms with van der Waals surface area (Å²) < 4.78 is 5.58. The summed E-state index contributed by atoms with van der Waals surface area (Å²) in [5.74, 6) is 1.49. The molecule has 6 nitrogen and oxygen atoms in total. The summed E-state index contributed by atoms with van der Waals surface area (Å²) >= 11 is 0. The molecule has 1 aliphatic rings. The van der Waals surface area contributed by atoms with Crippen LogP contribution in [0.2, 0.25) is 0 Å². The lowest BCUT2D eigenvalue weighted by atomic mass is 10.1. The predicted octanol–water partition coefficient (Wildman–Crippen LogP) is 1.34. The Bertz CT molecular complexity index is 570. The summed E-state index contributed by atoms with van der Waals surface area (Å²) in [6, 6.07) is 10.5. The lowest BCUT2D eigenvalue weighted by molar-refractivity contribution is 0.129. The summed E-state index contributed by atoms with van der Waals surface area (Å²) in [7, 11) is 1.69. The van der Waals surface area contributed by atoms with Crippen LogP contribution in [0.4, 0.5) is 5.95 Å². The number of piperazine rings is 1. The Balaban J connectivity index is 1.80. The number of aromatic nitrogens is 3. The Kier molecular flexibility index (Phi) is 4.17. The molecule has 0 saturated carbocycles. The fraction of sp³-hybridized carbons (Fsp3) is 0.467. The second-order valence-electron chi connectivity index (χ2n) is 5.35. The first-order valence-electron chi connectivity index (χ1n) is 7.26. The minimum absolute atomic E-state index is 0.215. The SMILES string of the molecule is COC(c1ccccc1)c1nc(N2CCN[C@H](C)C2)n[nH]1. The highest BCUT2D eigenvalue weighted by Crippen LogP contribution is 2.23. The molecule has 0 aliphatic carbocycles. The molecule has 0 amide bonds. The van der Waals surface area contributed by atoms with Crippen LogP contribution in [0.25, 0.3) is 0 Å². The summed E-state index contributed by atoms with van der Waals surface area (Å²) in [5.41, 5.74) is 1.07. The van der Waals surface area contributed by atoms with Crippen LogP contribution in [0.15, 0.2) is 30.3 Å². The second kappa shape index (κ2) is 6.24. The van der Waals surface area contributed by atoms with E-state index in [1.54, 1.807) is 7.11 Å². The first kappa shape index (κ1) is 14.0. The van der Waals surface area contributed by atoms with Gasteiger partial charge in [-0.3, -0.25) is 5.10 Å². The molecule has 1 aliphatic heterocycles. The molecule has 0 radical (unpaired) electrons. The molecule has 0 bridgehead atoms. The van der Waals surface area contributed by atoms with Gasteiger partial charge in [0.1, 0.15) is 6.10 Å². The van der Waals surface area contributed by atoms with E-state index in [1.807, 2.05) is 30.3 Å². The first-order chi connectivity index (χ1) is 10.3. The van der Waals surface area contributed by atoms with Crippen molar-refractivity contribution in [3.05, 3.63) is 41.7 Å². The molecule has 1 aromatic carbocycles. The van der Waals surface area contributed by atoms with Gasteiger partial charge in [-0.15, -0.1) is 5.10 Å². The smallest absolute Gasteiger partial charge is 0.244 e. The van der Waals surface area contributed by atoms with Gasteiger partial charge >= 0.3 is 0 Å². The van der Waals surface area contributed by atoms with Crippen LogP contribution in [-0.2, 0) is 4.74 Å². The minimum atomic E-state index is -0.215. The van der Waals surface area contributed by atoms with Gasteiger partial charge in [-0.1, -0.05) is 30.3 Å². The number of ether oxygens (including phenoxy) is 1. The van der Waals surface area contributed by atoms with E-state index >= 15 is 0 Å². The highest BCUT2D eigenvalue weighted by Gasteiger charge is 2.22. The molecule has 21 heavy (non-hydrogen) atoms. The topological polar surface area (TPSA) is 66.1 Å². The van der Waals surface area contributed by atoms with Crippen molar-refractivity contribution in [2.75, 3.05) is 31.6 Å². The van der Waals surface area contributed by atoms with E-state index in [0.29, 0.717) is 6.04 Å². The third-order valence-corrected chi connectivity index (χ3v) is 3.73. The summed E-state index contributed by atoms with van der Waals surface area (Å²) in [5, 5.41) is 10.8. The molecule has 2 N–H and O–H groups in total. The summed E-state index contributed by atoms with van der Waals surface area (Å²) in [6.07, 6.45) is -0.215. The van der Waals surface area contributed by atoms with Crippen molar-refractivity contribution in [2.24, 2.45) is 0 Å². The van der Waals surface area contributed by atoms with E-state index in [4.69, 9.17) is 4.74 Å².